The van der Waals surface area contributed by atoms with Crippen molar-refractivity contribution in [3.05, 3.63) is 35.7 Å². The van der Waals surface area contributed by atoms with Crippen molar-refractivity contribution in [1.82, 2.24) is 25.1 Å². The van der Waals surface area contributed by atoms with Gasteiger partial charge in [0.25, 0.3) is 0 Å². The molecule has 0 bridgehead atoms. The Morgan fingerprint density at radius 2 is 2.00 bits per heavy atom. The van der Waals surface area contributed by atoms with Crippen molar-refractivity contribution in [1.29, 1.82) is 0 Å². The summed E-state index contributed by atoms with van der Waals surface area (Å²) in [5.41, 5.74) is 6.33. The fourth-order valence-corrected chi connectivity index (χ4v) is 3.78. The highest BCUT2D eigenvalue weighted by molar-refractivity contribution is 5.76. The van der Waals surface area contributed by atoms with Crippen LogP contribution in [0.3, 0.4) is 0 Å². The van der Waals surface area contributed by atoms with Gasteiger partial charge in [0.2, 0.25) is 5.91 Å². The maximum absolute atomic E-state index is 11.6. The van der Waals surface area contributed by atoms with Crippen LogP contribution in [0.15, 0.2) is 24.3 Å². The fourth-order valence-electron chi connectivity index (χ4n) is 3.78. The standard InChI is InChI=1S/C20H30N6O2/c1-5-20(2,3)26-19(22-23-24-26)17(15-8-6-7-9-16(15)28-4)25-12-10-14(11-13-25)18(21)27/h6-9,14,17H,5,10-13H2,1-4H3,(H2,21,27)/t17-/m1/s1. The van der Waals surface area contributed by atoms with E-state index >= 15 is 0 Å². The van der Waals surface area contributed by atoms with E-state index in [2.05, 4.69) is 47.3 Å². The van der Waals surface area contributed by atoms with Gasteiger partial charge in [0.05, 0.1) is 12.6 Å². The lowest BCUT2D eigenvalue weighted by atomic mass is 9.92. The zero-order valence-corrected chi connectivity index (χ0v) is 17.1. The second kappa shape index (κ2) is 8.26. The second-order valence-electron chi connectivity index (χ2n) is 7.97. The van der Waals surface area contributed by atoms with Crippen molar-refractivity contribution in [2.24, 2.45) is 11.7 Å². The van der Waals surface area contributed by atoms with Crippen LogP contribution in [-0.2, 0) is 10.3 Å². The van der Waals surface area contributed by atoms with Crippen molar-refractivity contribution >= 4 is 5.91 Å². The maximum Gasteiger partial charge on any atom is 0.220 e. The SMILES string of the molecule is CCC(C)(C)n1nnnc1[C@@H](c1ccccc1OC)N1CCC(C(N)=O)CC1. The average Bonchev–Trinajstić information content (AvgIpc) is 3.19. The second-order valence-corrected chi connectivity index (χ2v) is 7.97. The van der Waals surface area contributed by atoms with Crippen molar-refractivity contribution in [2.75, 3.05) is 20.2 Å². The Morgan fingerprint density at radius 1 is 1.32 bits per heavy atom. The number of nitrogens with zero attached hydrogens (tertiary/aromatic N) is 5. The van der Waals surface area contributed by atoms with Crippen LogP contribution in [0.25, 0.3) is 0 Å². The van der Waals surface area contributed by atoms with Gasteiger partial charge in [-0.3, -0.25) is 9.69 Å². The average molecular weight is 387 g/mol. The third-order valence-electron chi connectivity index (χ3n) is 5.91. The topological polar surface area (TPSA) is 99.2 Å². The largest absolute Gasteiger partial charge is 0.496 e. The molecule has 2 N–H and O–H groups in total. The van der Waals surface area contributed by atoms with Gasteiger partial charge in [-0.15, -0.1) is 5.10 Å². The molecule has 1 aliphatic heterocycles. The molecule has 28 heavy (non-hydrogen) atoms. The Labute approximate surface area is 166 Å². The number of piperidine rings is 1. The molecule has 2 aromatic rings. The molecule has 3 rings (SSSR count). The highest BCUT2D eigenvalue weighted by atomic mass is 16.5. The van der Waals surface area contributed by atoms with Gasteiger partial charge in [-0.25, -0.2) is 4.68 Å². The molecule has 1 fully saturated rings. The number of amides is 1. The van der Waals surface area contributed by atoms with E-state index in [9.17, 15) is 4.79 Å². The Balaban J connectivity index is 2.05. The molecule has 0 radical (unpaired) electrons. The number of aromatic nitrogens is 4. The molecule has 1 aromatic heterocycles. The first-order valence-electron chi connectivity index (χ1n) is 9.84. The summed E-state index contributed by atoms with van der Waals surface area (Å²) in [6.07, 6.45) is 2.37. The number of nitrogens with two attached hydrogens (primary N) is 1. The lowest BCUT2D eigenvalue weighted by Crippen LogP contribution is -2.42. The van der Waals surface area contributed by atoms with Gasteiger partial charge in [0.1, 0.15) is 11.8 Å². The van der Waals surface area contributed by atoms with Gasteiger partial charge in [-0.05, 0) is 62.7 Å². The van der Waals surface area contributed by atoms with Crippen LogP contribution < -0.4 is 10.5 Å². The number of likely N-dealkylation sites (tertiary alicyclic amines) is 1. The van der Waals surface area contributed by atoms with Gasteiger partial charge < -0.3 is 10.5 Å². The number of hydrogen-bond acceptors (Lipinski definition) is 6. The van der Waals surface area contributed by atoms with Crippen LogP contribution in [0.5, 0.6) is 5.75 Å². The Bertz CT molecular complexity index is 811. The minimum Gasteiger partial charge on any atom is -0.496 e. The van der Waals surface area contributed by atoms with Crippen LogP contribution in [0, 0.1) is 5.92 Å². The van der Waals surface area contributed by atoms with Crippen LogP contribution in [0.1, 0.15) is 57.5 Å². The quantitative estimate of drug-likeness (QED) is 0.782. The van der Waals surface area contributed by atoms with E-state index in [1.54, 1.807) is 7.11 Å². The number of carbonyl (C=O) groups is 1. The first-order chi connectivity index (χ1) is 13.4. The van der Waals surface area contributed by atoms with Crippen molar-refractivity contribution < 1.29 is 9.53 Å². The van der Waals surface area contributed by atoms with Gasteiger partial charge in [0.15, 0.2) is 5.82 Å². The molecule has 8 heteroatoms. The lowest BCUT2D eigenvalue weighted by Gasteiger charge is -2.38. The van der Waals surface area contributed by atoms with Crippen LogP contribution in [0.4, 0.5) is 0 Å². The summed E-state index contributed by atoms with van der Waals surface area (Å²) in [6, 6.07) is 7.81. The Morgan fingerprint density at radius 3 is 2.61 bits per heavy atom. The summed E-state index contributed by atoms with van der Waals surface area (Å²) < 4.78 is 7.57. The van der Waals surface area contributed by atoms with E-state index in [4.69, 9.17) is 10.5 Å². The summed E-state index contributed by atoms with van der Waals surface area (Å²) in [6.45, 7) is 7.88. The fraction of sp³-hybridized carbons (Fsp3) is 0.600. The van der Waals surface area contributed by atoms with Crippen molar-refractivity contribution in [3.63, 3.8) is 0 Å². The molecule has 1 aromatic carbocycles. The molecular weight excluding hydrogens is 356 g/mol. The van der Waals surface area contributed by atoms with E-state index in [0.717, 1.165) is 49.5 Å². The highest BCUT2D eigenvalue weighted by Gasteiger charge is 2.36. The Kier molecular flexibility index (Phi) is 5.98. The number of tetrazole rings is 1. The lowest BCUT2D eigenvalue weighted by molar-refractivity contribution is -0.123. The molecule has 0 unspecified atom stereocenters. The number of carbonyl (C=O) groups excluding carboxylic acids is 1. The summed E-state index contributed by atoms with van der Waals surface area (Å²) in [5, 5.41) is 12.7. The molecule has 1 amide bonds. The number of para-hydroxylation sites is 1. The predicted molar refractivity (Wildman–Crippen MR) is 106 cm³/mol. The number of primary amides is 1. The van der Waals surface area contributed by atoms with Crippen molar-refractivity contribution in [2.45, 2.75) is 51.6 Å². The monoisotopic (exact) mass is 386 g/mol. The highest BCUT2D eigenvalue weighted by Crippen LogP contribution is 2.37. The first kappa shape index (κ1) is 20.3. The molecule has 0 spiro atoms. The molecule has 1 saturated heterocycles. The van der Waals surface area contributed by atoms with Gasteiger partial charge in [-0.2, -0.15) is 0 Å². The van der Waals surface area contributed by atoms with Crippen LogP contribution in [0.2, 0.25) is 0 Å². The smallest absolute Gasteiger partial charge is 0.220 e. The zero-order valence-electron chi connectivity index (χ0n) is 17.1. The molecule has 0 saturated carbocycles. The van der Waals surface area contributed by atoms with E-state index in [-0.39, 0.29) is 23.4 Å². The molecule has 0 aliphatic carbocycles. The Hall–Kier alpha value is -2.48. The molecule has 152 valence electrons. The minimum absolute atomic E-state index is 0.0716. The van der Waals surface area contributed by atoms with Gasteiger partial charge in [-0.1, -0.05) is 25.1 Å². The normalized spacial score (nSPS) is 17.4. The number of ether oxygens (including phenoxy) is 1. The van der Waals surface area contributed by atoms with E-state index in [0.29, 0.717) is 0 Å². The number of hydrogen-bond donors (Lipinski definition) is 1. The summed E-state index contributed by atoms with van der Waals surface area (Å²) in [4.78, 5) is 13.9. The number of methoxy groups -OCH3 is 1. The van der Waals surface area contributed by atoms with Crippen LogP contribution >= 0.6 is 0 Å². The van der Waals surface area contributed by atoms with Gasteiger partial charge >= 0.3 is 0 Å². The summed E-state index contributed by atoms with van der Waals surface area (Å²) >= 11 is 0. The molecule has 1 aliphatic rings. The van der Waals surface area contributed by atoms with E-state index in [1.165, 1.54) is 0 Å². The predicted octanol–water partition coefficient (Wildman–Crippen LogP) is 2.11. The number of benzene rings is 1. The first-order valence-corrected chi connectivity index (χ1v) is 9.84. The van der Waals surface area contributed by atoms with Crippen LogP contribution in [-0.4, -0.2) is 51.2 Å². The third kappa shape index (κ3) is 3.87. The molecule has 2 heterocycles. The molecular formula is C20H30N6O2. The minimum atomic E-state index is -0.218. The summed E-state index contributed by atoms with van der Waals surface area (Å²) in [7, 11) is 1.67. The summed E-state index contributed by atoms with van der Waals surface area (Å²) in [5.74, 6) is 1.30. The van der Waals surface area contributed by atoms with Gasteiger partial charge in [0, 0.05) is 11.5 Å². The third-order valence-corrected chi connectivity index (χ3v) is 5.91. The molecule has 8 nitrogen and oxygen atoms in total. The van der Waals surface area contributed by atoms with E-state index < -0.39 is 0 Å². The number of rotatable bonds is 7. The zero-order chi connectivity index (χ0) is 20.3. The maximum atomic E-state index is 11.6. The molecule has 1 atom stereocenters. The van der Waals surface area contributed by atoms with Crippen molar-refractivity contribution in [3.8, 4) is 5.75 Å². The van der Waals surface area contributed by atoms with E-state index in [1.807, 2.05) is 22.9 Å².